The van der Waals surface area contributed by atoms with Gasteiger partial charge in [-0.25, -0.2) is 4.79 Å². The maximum atomic E-state index is 13.0. The molecule has 0 fully saturated rings. The summed E-state index contributed by atoms with van der Waals surface area (Å²) in [6.45, 7) is 11.8. The normalized spacial score (nSPS) is 13.0. The van der Waals surface area contributed by atoms with Crippen LogP contribution < -0.4 is 10.6 Å². The van der Waals surface area contributed by atoms with E-state index in [4.69, 9.17) is 11.2 Å². The fourth-order valence-electron chi connectivity index (χ4n) is 2.65. The van der Waals surface area contributed by atoms with Crippen LogP contribution in [-0.4, -0.2) is 45.6 Å². The third kappa shape index (κ3) is 6.99. The molecule has 0 aromatic heterocycles. The molecular formula is C22H31N3O5. The van der Waals surface area contributed by atoms with Crippen LogP contribution in [0.15, 0.2) is 18.2 Å². The number of hydrogen-bond acceptors (Lipinski definition) is 5. The summed E-state index contributed by atoms with van der Waals surface area (Å²) in [5.74, 6) is -1.08. The third-order valence-electron chi connectivity index (χ3n) is 3.95. The van der Waals surface area contributed by atoms with Crippen molar-refractivity contribution in [1.29, 1.82) is 0 Å². The molecule has 0 saturated heterocycles. The van der Waals surface area contributed by atoms with Crippen LogP contribution in [-0.2, 0) is 14.3 Å². The van der Waals surface area contributed by atoms with Crippen LogP contribution in [0.2, 0.25) is 0 Å². The summed E-state index contributed by atoms with van der Waals surface area (Å²) >= 11 is 0. The number of ether oxygens (including phenoxy) is 1. The van der Waals surface area contributed by atoms with Gasteiger partial charge in [-0.15, -0.1) is 0 Å². The number of alkyl carbamates (subject to hydrolysis) is 1. The number of carbonyl (C=O) groups excluding carboxylic acids is 3. The minimum absolute atomic E-state index is 0.0558. The standard InChI is InChI=1S/C22H31N3O5/c1-9-25(20(28)15(5)24-21(29)30-22(6,7)8)18(19(27)23-13(2)3)16-10-11-17(26)14(4)12-16/h1,10-13,15,18,26H,2-8H3,(H,23,27)(H,24,29). The minimum Gasteiger partial charge on any atom is -0.508 e. The molecular weight excluding hydrogens is 386 g/mol. The van der Waals surface area contributed by atoms with Crippen LogP contribution in [0.4, 0.5) is 4.79 Å². The number of terminal acetylenes is 1. The zero-order valence-electron chi connectivity index (χ0n) is 18.6. The number of carbonyl (C=O) groups is 3. The summed E-state index contributed by atoms with van der Waals surface area (Å²) < 4.78 is 5.17. The lowest BCUT2D eigenvalue weighted by atomic mass is 10.0. The number of nitrogens with one attached hydrogen (secondary N) is 2. The summed E-state index contributed by atoms with van der Waals surface area (Å²) in [5, 5.41) is 15.0. The molecule has 0 saturated carbocycles. The van der Waals surface area contributed by atoms with Crippen molar-refractivity contribution in [2.24, 2.45) is 0 Å². The third-order valence-corrected chi connectivity index (χ3v) is 3.95. The summed E-state index contributed by atoms with van der Waals surface area (Å²) in [5.41, 5.74) is 0.223. The number of nitrogens with zero attached hydrogens (tertiary/aromatic N) is 1. The van der Waals surface area contributed by atoms with Crippen LogP contribution in [0.25, 0.3) is 0 Å². The number of rotatable bonds is 6. The Morgan fingerprint density at radius 3 is 2.23 bits per heavy atom. The summed E-state index contributed by atoms with van der Waals surface area (Å²) in [6, 6.07) is 4.43. The zero-order valence-corrected chi connectivity index (χ0v) is 18.6. The molecule has 0 bridgehead atoms. The lowest BCUT2D eigenvalue weighted by Gasteiger charge is -2.30. The van der Waals surface area contributed by atoms with Crippen LogP contribution in [0.5, 0.6) is 5.75 Å². The number of aryl methyl sites for hydroxylation is 1. The van der Waals surface area contributed by atoms with Crippen LogP contribution in [0, 0.1) is 19.4 Å². The van der Waals surface area contributed by atoms with E-state index in [9.17, 15) is 19.5 Å². The van der Waals surface area contributed by atoms with Gasteiger partial charge in [0.05, 0.1) is 0 Å². The van der Waals surface area contributed by atoms with Gasteiger partial charge in [-0.1, -0.05) is 12.5 Å². The molecule has 8 nitrogen and oxygen atoms in total. The Labute approximate surface area is 178 Å². The molecule has 164 valence electrons. The minimum atomic E-state index is -1.15. The van der Waals surface area contributed by atoms with Crippen molar-refractivity contribution in [2.45, 2.75) is 72.2 Å². The smallest absolute Gasteiger partial charge is 0.408 e. The predicted octanol–water partition coefficient (Wildman–Crippen LogP) is 2.60. The lowest BCUT2D eigenvalue weighted by Crippen LogP contribution is -2.50. The fraction of sp³-hybridized carbons (Fsp3) is 0.500. The molecule has 0 aliphatic heterocycles. The molecule has 3 amide bonds. The number of phenolic OH excluding ortho intramolecular Hbond substituents is 1. The second-order valence-corrected chi connectivity index (χ2v) is 8.32. The average molecular weight is 418 g/mol. The zero-order chi connectivity index (χ0) is 23.2. The second kappa shape index (κ2) is 10.0. The van der Waals surface area contributed by atoms with Crippen molar-refractivity contribution in [3.63, 3.8) is 0 Å². The first-order valence-corrected chi connectivity index (χ1v) is 9.65. The molecule has 0 heterocycles. The largest absolute Gasteiger partial charge is 0.508 e. The Hall–Kier alpha value is -3.21. The van der Waals surface area contributed by atoms with E-state index in [2.05, 4.69) is 16.7 Å². The van der Waals surface area contributed by atoms with Crippen molar-refractivity contribution in [1.82, 2.24) is 15.5 Å². The van der Waals surface area contributed by atoms with Gasteiger partial charge in [-0.2, -0.15) is 0 Å². The van der Waals surface area contributed by atoms with E-state index < -0.39 is 35.6 Å². The summed E-state index contributed by atoms with van der Waals surface area (Å²) in [6.07, 6.45) is 4.83. The molecule has 30 heavy (non-hydrogen) atoms. The Kier molecular flexibility index (Phi) is 8.28. The van der Waals surface area contributed by atoms with Crippen LogP contribution in [0.1, 0.15) is 58.7 Å². The Morgan fingerprint density at radius 2 is 1.77 bits per heavy atom. The number of hydrogen-bond donors (Lipinski definition) is 3. The van der Waals surface area contributed by atoms with Gasteiger partial charge in [0.25, 0.3) is 5.91 Å². The topological polar surface area (TPSA) is 108 Å². The Balaban J connectivity index is 3.23. The molecule has 2 unspecified atom stereocenters. The highest BCUT2D eigenvalue weighted by Crippen LogP contribution is 2.26. The molecule has 2 atom stereocenters. The van der Waals surface area contributed by atoms with Crippen molar-refractivity contribution >= 4 is 17.9 Å². The van der Waals surface area contributed by atoms with E-state index in [-0.39, 0.29) is 11.8 Å². The second-order valence-electron chi connectivity index (χ2n) is 8.32. The lowest BCUT2D eigenvalue weighted by molar-refractivity contribution is -0.138. The monoisotopic (exact) mass is 417 g/mol. The first-order chi connectivity index (χ1) is 13.8. The van der Waals surface area contributed by atoms with E-state index in [0.717, 1.165) is 4.90 Å². The number of aromatic hydroxyl groups is 1. The van der Waals surface area contributed by atoms with E-state index >= 15 is 0 Å². The highest BCUT2D eigenvalue weighted by Gasteiger charge is 2.34. The van der Waals surface area contributed by atoms with Crippen LogP contribution in [0.3, 0.4) is 0 Å². The van der Waals surface area contributed by atoms with E-state index in [0.29, 0.717) is 11.1 Å². The van der Waals surface area contributed by atoms with Gasteiger partial charge < -0.3 is 20.5 Å². The molecule has 1 aromatic rings. The number of phenols is 1. The molecule has 0 spiro atoms. The molecule has 1 aromatic carbocycles. The van der Waals surface area contributed by atoms with Crippen molar-refractivity contribution in [2.75, 3.05) is 0 Å². The maximum absolute atomic E-state index is 13.0. The average Bonchev–Trinajstić information content (AvgIpc) is 2.59. The van der Waals surface area contributed by atoms with Crippen molar-refractivity contribution < 1.29 is 24.2 Å². The van der Waals surface area contributed by atoms with E-state index in [1.54, 1.807) is 47.6 Å². The van der Waals surface area contributed by atoms with Gasteiger partial charge in [0, 0.05) is 12.1 Å². The van der Waals surface area contributed by atoms with Crippen LogP contribution >= 0.6 is 0 Å². The predicted molar refractivity (Wildman–Crippen MR) is 113 cm³/mol. The summed E-state index contributed by atoms with van der Waals surface area (Å²) in [4.78, 5) is 38.9. The molecule has 0 radical (unpaired) electrons. The first kappa shape index (κ1) is 24.8. The van der Waals surface area contributed by atoms with Gasteiger partial charge in [0.1, 0.15) is 23.4 Å². The van der Waals surface area contributed by atoms with Gasteiger partial charge in [-0.05, 0) is 71.7 Å². The number of benzene rings is 1. The molecule has 1 rings (SSSR count). The SMILES string of the molecule is C#CN(C(=O)C(C)NC(=O)OC(C)(C)C)C(C(=O)NC(C)C)c1ccc(O)c(C)c1. The Morgan fingerprint density at radius 1 is 1.17 bits per heavy atom. The quantitative estimate of drug-likeness (QED) is 0.487. The van der Waals surface area contributed by atoms with Gasteiger partial charge >= 0.3 is 6.09 Å². The van der Waals surface area contributed by atoms with E-state index in [1.807, 2.05) is 0 Å². The number of amides is 3. The first-order valence-electron chi connectivity index (χ1n) is 9.65. The molecule has 0 aliphatic rings. The fourth-order valence-corrected chi connectivity index (χ4v) is 2.65. The highest BCUT2D eigenvalue weighted by atomic mass is 16.6. The molecule has 3 N–H and O–H groups in total. The van der Waals surface area contributed by atoms with Crippen molar-refractivity contribution in [3.05, 3.63) is 29.3 Å². The molecule has 0 aliphatic carbocycles. The van der Waals surface area contributed by atoms with Gasteiger partial charge in [0.15, 0.2) is 0 Å². The molecule has 8 heteroatoms. The summed E-state index contributed by atoms with van der Waals surface area (Å²) in [7, 11) is 0. The maximum Gasteiger partial charge on any atom is 0.408 e. The highest BCUT2D eigenvalue weighted by molar-refractivity contribution is 5.93. The van der Waals surface area contributed by atoms with E-state index in [1.165, 1.54) is 19.1 Å². The van der Waals surface area contributed by atoms with Gasteiger partial charge in [0.2, 0.25) is 5.91 Å². The Bertz CT molecular complexity index is 836. The van der Waals surface area contributed by atoms with Gasteiger partial charge in [-0.3, -0.25) is 14.5 Å². The van der Waals surface area contributed by atoms with Crippen molar-refractivity contribution in [3.8, 4) is 18.2 Å².